The van der Waals surface area contributed by atoms with Crippen molar-refractivity contribution in [3.05, 3.63) is 30.9 Å². The Morgan fingerprint density at radius 1 is 1.38 bits per heavy atom. The molecule has 1 aliphatic heterocycles. The van der Waals surface area contributed by atoms with Crippen LogP contribution in [0.15, 0.2) is 30.9 Å². The van der Waals surface area contributed by atoms with Crippen LogP contribution in [0.3, 0.4) is 0 Å². The lowest BCUT2D eigenvalue weighted by Crippen LogP contribution is -2.44. The number of anilines is 1. The molecule has 9 nitrogen and oxygen atoms in total. The van der Waals surface area contributed by atoms with Crippen LogP contribution in [0.2, 0.25) is 0 Å². The fourth-order valence-electron chi connectivity index (χ4n) is 3.18. The number of rotatable bonds is 4. The summed E-state index contributed by atoms with van der Waals surface area (Å²) in [6.45, 7) is 1.00. The van der Waals surface area contributed by atoms with Crippen molar-refractivity contribution in [1.82, 2.24) is 24.2 Å². The van der Waals surface area contributed by atoms with E-state index in [1.807, 2.05) is 12.1 Å². The van der Waals surface area contributed by atoms with Crippen LogP contribution in [-0.4, -0.2) is 58.0 Å². The van der Waals surface area contributed by atoms with Crippen LogP contribution in [0.5, 0.6) is 0 Å². The summed E-state index contributed by atoms with van der Waals surface area (Å²) in [6.07, 6.45) is 8.03. The van der Waals surface area contributed by atoms with E-state index in [-0.39, 0.29) is 6.04 Å². The van der Waals surface area contributed by atoms with Crippen LogP contribution >= 0.6 is 0 Å². The first-order valence-electron chi connectivity index (χ1n) is 8.39. The van der Waals surface area contributed by atoms with Crippen molar-refractivity contribution in [2.75, 3.05) is 24.7 Å². The Balaban J connectivity index is 1.61. The average molecular weight is 374 g/mol. The standard InChI is InChI=1S/C16H19N7O2S/c1-26(24,25)23-7-3-4-11(9-23)21-14-12(5-2-6-17-14)13-8-18-15-16(22-13)20-10-19-15/h2,5-6,8,10-11H,3-4,7,9H2,1H3,(H,17,21)(H,18,19,20,22)/p+1/t11-/m0/s1. The minimum Gasteiger partial charge on any atom is -0.365 e. The number of imidazole rings is 1. The third-order valence-electron chi connectivity index (χ3n) is 4.47. The zero-order chi connectivity index (χ0) is 18.1. The molecule has 0 saturated carbocycles. The smallest absolute Gasteiger partial charge is 0.319 e. The van der Waals surface area contributed by atoms with Crippen molar-refractivity contribution < 1.29 is 13.4 Å². The van der Waals surface area contributed by atoms with Gasteiger partial charge in [-0.1, -0.05) is 0 Å². The second-order valence-corrected chi connectivity index (χ2v) is 8.37. The molecule has 136 valence electrons. The molecule has 10 heteroatoms. The van der Waals surface area contributed by atoms with Crippen molar-refractivity contribution in [2.45, 2.75) is 18.9 Å². The van der Waals surface area contributed by atoms with Gasteiger partial charge in [0.2, 0.25) is 10.0 Å². The first-order chi connectivity index (χ1) is 12.5. The lowest BCUT2D eigenvalue weighted by Gasteiger charge is -2.32. The van der Waals surface area contributed by atoms with Gasteiger partial charge in [0, 0.05) is 30.9 Å². The number of hydrogen-bond donors (Lipinski definition) is 2. The van der Waals surface area contributed by atoms with Gasteiger partial charge in [-0.2, -0.15) is 0 Å². The van der Waals surface area contributed by atoms with Crippen molar-refractivity contribution in [2.24, 2.45) is 0 Å². The van der Waals surface area contributed by atoms with E-state index in [9.17, 15) is 8.42 Å². The van der Waals surface area contributed by atoms with Gasteiger partial charge in [0.25, 0.3) is 5.65 Å². The topological polar surface area (TPSA) is 118 Å². The van der Waals surface area contributed by atoms with Gasteiger partial charge >= 0.3 is 5.65 Å². The molecule has 3 aromatic rings. The molecule has 0 spiro atoms. The maximum absolute atomic E-state index is 11.8. The summed E-state index contributed by atoms with van der Waals surface area (Å²) in [6, 6.07) is 3.77. The Morgan fingerprint density at radius 3 is 3.12 bits per heavy atom. The van der Waals surface area contributed by atoms with Crippen LogP contribution in [0, 0.1) is 0 Å². The third-order valence-corrected chi connectivity index (χ3v) is 5.74. The highest BCUT2D eigenvalue weighted by Gasteiger charge is 2.26. The number of hydrogen-bond acceptors (Lipinski definition) is 6. The molecule has 0 unspecified atom stereocenters. The molecule has 0 aliphatic carbocycles. The molecule has 3 aromatic heterocycles. The monoisotopic (exact) mass is 374 g/mol. The van der Waals surface area contributed by atoms with Crippen molar-refractivity contribution >= 4 is 27.1 Å². The Hall–Kier alpha value is -2.59. The Kier molecular flexibility index (Phi) is 4.29. The minimum atomic E-state index is -3.19. The molecule has 1 fully saturated rings. The van der Waals surface area contributed by atoms with E-state index in [4.69, 9.17) is 0 Å². The fraction of sp³-hybridized carbons (Fsp3) is 0.375. The summed E-state index contributed by atoms with van der Waals surface area (Å²) in [7, 11) is -3.19. The second-order valence-electron chi connectivity index (χ2n) is 6.39. The summed E-state index contributed by atoms with van der Waals surface area (Å²) >= 11 is 0. The Morgan fingerprint density at radius 2 is 2.27 bits per heavy atom. The van der Waals surface area contributed by atoms with E-state index in [1.165, 1.54) is 10.6 Å². The van der Waals surface area contributed by atoms with Gasteiger partial charge in [-0.3, -0.25) is 4.98 Å². The molecule has 0 amide bonds. The number of fused-ring (bicyclic) bond motifs is 1. The average Bonchev–Trinajstić information content (AvgIpc) is 3.09. The van der Waals surface area contributed by atoms with E-state index in [0.717, 1.165) is 18.4 Å². The van der Waals surface area contributed by atoms with Crippen molar-refractivity contribution in [3.8, 4) is 11.3 Å². The maximum Gasteiger partial charge on any atom is 0.319 e. The summed E-state index contributed by atoms with van der Waals surface area (Å²) in [4.78, 5) is 19.4. The SMILES string of the molecule is CS(=O)(=O)N1CCC[C@H](Nc2ncccc2-c2cnc3[nH+]c[nH]c3n2)C1. The highest BCUT2D eigenvalue weighted by Crippen LogP contribution is 2.26. The molecule has 0 radical (unpaired) electrons. The summed E-state index contributed by atoms with van der Waals surface area (Å²) in [5, 5.41) is 3.39. The molecule has 3 N–H and O–H groups in total. The molecule has 0 bridgehead atoms. The Bertz CT molecular complexity index is 1030. The minimum absolute atomic E-state index is 0.00244. The van der Waals surface area contributed by atoms with Gasteiger partial charge in [-0.05, 0) is 25.0 Å². The van der Waals surface area contributed by atoms with Gasteiger partial charge in [0.05, 0.1) is 6.26 Å². The maximum atomic E-state index is 11.8. The van der Waals surface area contributed by atoms with Crippen LogP contribution in [0.4, 0.5) is 5.82 Å². The van der Waals surface area contributed by atoms with E-state index >= 15 is 0 Å². The quantitative estimate of drug-likeness (QED) is 0.693. The molecule has 1 aliphatic rings. The number of aromatic nitrogens is 5. The van der Waals surface area contributed by atoms with Gasteiger partial charge in [0.15, 0.2) is 6.33 Å². The predicted octanol–water partition coefficient (Wildman–Crippen LogP) is 0.670. The Labute approximate surface area is 151 Å². The van der Waals surface area contributed by atoms with Crippen molar-refractivity contribution in [1.29, 1.82) is 0 Å². The number of pyridine rings is 1. The zero-order valence-electron chi connectivity index (χ0n) is 14.3. The van der Waals surface area contributed by atoms with E-state index < -0.39 is 10.0 Å². The predicted molar refractivity (Wildman–Crippen MR) is 96.7 cm³/mol. The van der Waals surface area contributed by atoms with Gasteiger partial charge in [-0.25, -0.2) is 27.7 Å². The largest absolute Gasteiger partial charge is 0.365 e. The molecular weight excluding hydrogens is 354 g/mol. The van der Waals surface area contributed by atoms with E-state index in [0.29, 0.717) is 35.9 Å². The molecule has 4 rings (SSSR count). The molecule has 0 aromatic carbocycles. The van der Waals surface area contributed by atoms with Crippen molar-refractivity contribution in [3.63, 3.8) is 0 Å². The first-order valence-corrected chi connectivity index (χ1v) is 10.2. The van der Waals surface area contributed by atoms with Crippen LogP contribution in [-0.2, 0) is 10.0 Å². The first kappa shape index (κ1) is 16.9. The summed E-state index contributed by atoms with van der Waals surface area (Å²) in [5.74, 6) is 0.678. The molecule has 4 heterocycles. The van der Waals surface area contributed by atoms with Gasteiger partial charge in [0.1, 0.15) is 17.7 Å². The van der Waals surface area contributed by atoms with Crippen LogP contribution in [0.25, 0.3) is 22.6 Å². The fourth-order valence-corrected chi connectivity index (χ4v) is 4.09. The number of nitrogens with zero attached hydrogens (tertiary/aromatic N) is 4. The normalized spacial score (nSPS) is 18.9. The van der Waals surface area contributed by atoms with Gasteiger partial charge in [-0.15, -0.1) is 4.98 Å². The number of nitrogens with one attached hydrogen (secondary N) is 3. The van der Waals surface area contributed by atoms with Crippen LogP contribution < -0.4 is 10.3 Å². The highest BCUT2D eigenvalue weighted by molar-refractivity contribution is 7.88. The summed E-state index contributed by atoms with van der Waals surface area (Å²) < 4.78 is 25.2. The molecular formula is C16H20N7O2S+. The van der Waals surface area contributed by atoms with Crippen LogP contribution in [0.1, 0.15) is 12.8 Å². The number of sulfonamides is 1. The number of aromatic amines is 2. The zero-order valence-corrected chi connectivity index (χ0v) is 15.1. The van der Waals surface area contributed by atoms with E-state index in [1.54, 1.807) is 18.7 Å². The lowest BCUT2D eigenvalue weighted by molar-refractivity contribution is -0.347. The number of piperidine rings is 1. The molecule has 1 saturated heterocycles. The van der Waals surface area contributed by atoms with E-state index in [2.05, 4.69) is 30.2 Å². The summed E-state index contributed by atoms with van der Waals surface area (Å²) in [5.41, 5.74) is 2.87. The third kappa shape index (κ3) is 3.37. The number of H-pyrrole nitrogens is 2. The molecule has 26 heavy (non-hydrogen) atoms. The lowest BCUT2D eigenvalue weighted by atomic mass is 10.1. The molecule has 1 atom stereocenters. The second kappa shape index (κ2) is 6.61. The highest BCUT2D eigenvalue weighted by atomic mass is 32.2. The van der Waals surface area contributed by atoms with Gasteiger partial charge < -0.3 is 5.32 Å².